The van der Waals surface area contributed by atoms with Crippen molar-refractivity contribution in [2.45, 2.75) is 40.2 Å². The van der Waals surface area contributed by atoms with Gasteiger partial charge in [0.1, 0.15) is 11.6 Å². The van der Waals surface area contributed by atoms with Crippen molar-refractivity contribution in [3.63, 3.8) is 0 Å². The van der Waals surface area contributed by atoms with Crippen LogP contribution in [0.3, 0.4) is 0 Å². The van der Waals surface area contributed by atoms with Gasteiger partial charge in [-0.05, 0) is 43.9 Å². The normalized spacial score (nSPS) is 14.8. The lowest BCUT2D eigenvalue weighted by atomic mass is 9.83. The van der Waals surface area contributed by atoms with Crippen LogP contribution < -0.4 is 5.32 Å². The van der Waals surface area contributed by atoms with Gasteiger partial charge in [-0.1, -0.05) is 26.8 Å². The van der Waals surface area contributed by atoms with Crippen LogP contribution in [0.15, 0.2) is 18.2 Å². The maximum absolute atomic E-state index is 13.7. The summed E-state index contributed by atoms with van der Waals surface area (Å²) < 4.78 is 27.3. The third-order valence-corrected chi connectivity index (χ3v) is 3.53. The van der Waals surface area contributed by atoms with E-state index in [4.69, 9.17) is 0 Å². The van der Waals surface area contributed by atoms with Crippen LogP contribution in [-0.2, 0) is 6.42 Å². The lowest BCUT2D eigenvalue weighted by molar-refractivity contribution is 0.286. The Bertz CT molecular complexity index is 357. The second-order valence-corrected chi connectivity index (χ2v) is 5.16. The van der Waals surface area contributed by atoms with E-state index in [1.165, 1.54) is 18.2 Å². The molecule has 2 atom stereocenters. The third-order valence-electron chi connectivity index (χ3n) is 3.53. The fourth-order valence-corrected chi connectivity index (χ4v) is 2.43. The molecule has 1 aromatic rings. The highest BCUT2D eigenvalue weighted by molar-refractivity contribution is 5.20. The summed E-state index contributed by atoms with van der Waals surface area (Å²) in [6, 6.07) is 4.31. The van der Waals surface area contributed by atoms with Crippen LogP contribution in [0.4, 0.5) is 8.78 Å². The Balaban J connectivity index is 2.90. The Morgan fingerprint density at radius 2 is 1.67 bits per heavy atom. The topological polar surface area (TPSA) is 12.0 Å². The highest BCUT2D eigenvalue weighted by atomic mass is 19.1. The molecular formula is C15H23F2N. The van der Waals surface area contributed by atoms with Gasteiger partial charge in [0.15, 0.2) is 0 Å². The Hall–Kier alpha value is -0.960. The minimum absolute atomic E-state index is 0.209. The van der Waals surface area contributed by atoms with Crippen LogP contribution in [-0.4, -0.2) is 12.6 Å². The predicted molar refractivity (Wildman–Crippen MR) is 71.5 cm³/mol. The molecule has 1 aromatic carbocycles. The van der Waals surface area contributed by atoms with E-state index in [1.807, 2.05) is 6.92 Å². The second-order valence-electron chi connectivity index (χ2n) is 5.16. The molecule has 0 fully saturated rings. The SMILES string of the molecule is CCNC(C)C(Cc1c(F)cccc1F)C(C)C. The van der Waals surface area contributed by atoms with Gasteiger partial charge in [-0.25, -0.2) is 8.78 Å². The van der Waals surface area contributed by atoms with Gasteiger partial charge in [0.2, 0.25) is 0 Å². The minimum Gasteiger partial charge on any atom is -0.314 e. The van der Waals surface area contributed by atoms with Crippen molar-refractivity contribution < 1.29 is 8.78 Å². The van der Waals surface area contributed by atoms with Gasteiger partial charge in [0, 0.05) is 11.6 Å². The highest BCUT2D eigenvalue weighted by Crippen LogP contribution is 2.24. The maximum Gasteiger partial charge on any atom is 0.129 e. The van der Waals surface area contributed by atoms with Crippen molar-refractivity contribution in [3.05, 3.63) is 35.4 Å². The third kappa shape index (κ3) is 3.77. The van der Waals surface area contributed by atoms with E-state index in [0.29, 0.717) is 12.3 Å². The molecule has 102 valence electrons. The summed E-state index contributed by atoms with van der Waals surface area (Å²) in [5, 5.41) is 3.34. The first kappa shape index (κ1) is 15.1. The summed E-state index contributed by atoms with van der Waals surface area (Å²) in [6.45, 7) is 9.17. The predicted octanol–water partition coefficient (Wildman–Crippen LogP) is 3.78. The standard InChI is InChI=1S/C15H23F2N/c1-5-18-11(4)12(10(2)3)9-13-14(16)7-6-8-15(13)17/h6-8,10-12,18H,5,9H2,1-4H3. The molecule has 0 aliphatic carbocycles. The molecule has 0 saturated heterocycles. The van der Waals surface area contributed by atoms with Gasteiger partial charge in [0.05, 0.1) is 0 Å². The molecular weight excluding hydrogens is 232 g/mol. The van der Waals surface area contributed by atoms with Crippen LogP contribution in [0.2, 0.25) is 0 Å². The van der Waals surface area contributed by atoms with Gasteiger partial charge in [-0.15, -0.1) is 0 Å². The summed E-state index contributed by atoms with van der Waals surface area (Å²) in [4.78, 5) is 0. The molecule has 18 heavy (non-hydrogen) atoms. The maximum atomic E-state index is 13.7. The molecule has 0 amide bonds. The smallest absolute Gasteiger partial charge is 0.129 e. The van der Waals surface area contributed by atoms with Crippen molar-refractivity contribution in [2.75, 3.05) is 6.54 Å². The van der Waals surface area contributed by atoms with Crippen molar-refractivity contribution in [1.29, 1.82) is 0 Å². The number of halogens is 2. The van der Waals surface area contributed by atoms with E-state index in [-0.39, 0.29) is 17.5 Å². The van der Waals surface area contributed by atoms with Gasteiger partial charge >= 0.3 is 0 Å². The molecule has 0 radical (unpaired) electrons. The Morgan fingerprint density at radius 1 is 1.11 bits per heavy atom. The largest absolute Gasteiger partial charge is 0.314 e. The lowest BCUT2D eigenvalue weighted by Gasteiger charge is -2.28. The lowest BCUT2D eigenvalue weighted by Crippen LogP contribution is -2.37. The first-order valence-corrected chi connectivity index (χ1v) is 6.63. The fourth-order valence-electron chi connectivity index (χ4n) is 2.43. The van der Waals surface area contributed by atoms with Gasteiger partial charge in [-0.2, -0.15) is 0 Å². The number of nitrogens with one attached hydrogen (secondary N) is 1. The molecule has 0 aromatic heterocycles. The van der Waals surface area contributed by atoms with Crippen LogP contribution >= 0.6 is 0 Å². The van der Waals surface area contributed by atoms with Gasteiger partial charge in [0.25, 0.3) is 0 Å². The van der Waals surface area contributed by atoms with Crippen molar-refractivity contribution in [2.24, 2.45) is 11.8 Å². The molecule has 1 nitrogen and oxygen atoms in total. The Kier molecular flexibility index (Phi) is 5.73. The zero-order valence-corrected chi connectivity index (χ0v) is 11.6. The van der Waals surface area contributed by atoms with E-state index in [1.54, 1.807) is 0 Å². The summed E-state index contributed by atoms with van der Waals surface area (Å²) >= 11 is 0. The van der Waals surface area contributed by atoms with E-state index < -0.39 is 11.6 Å². The minimum atomic E-state index is -0.440. The summed E-state index contributed by atoms with van der Waals surface area (Å²) in [6.07, 6.45) is 0.435. The number of hydrogen-bond donors (Lipinski definition) is 1. The Morgan fingerprint density at radius 3 is 2.11 bits per heavy atom. The van der Waals surface area contributed by atoms with E-state index in [9.17, 15) is 8.78 Å². The highest BCUT2D eigenvalue weighted by Gasteiger charge is 2.23. The van der Waals surface area contributed by atoms with Crippen molar-refractivity contribution >= 4 is 0 Å². The molecule has 0 aliphatic heterocycles. The first-order valence-electron chi connectivity index (χ1n) is 6.63. The van der Waals surface area contributed by atoms with Gasteiger partial charge < -0.3 is 5.32 Å². The van der Waals surface area contributed by atoms with E-state index in [0.717, 1.165) is 6.54 Å². The van der Waals surface area contributed by atoms with Crippen LogP contribution in [0.25, 0.3) is 0 Å². The molecule has 0 bridgehead atoms. The number of benzene rings is 1. The molecule has 0 aliphatic rings. The first-order chi connectivity index (χ1) is 8.47. The quantitative estimate of drug-likeness (QED) is 0.815. The van der Waals surface area contributed by atoms with E-state index >= 15 is 0 Å². The summed E-state index contributed by atoms with van der Waals surface area (Å²) in [7, 11) is 0. The molecule has 0 heterocycles. The summed E-state index contributed by atoms with van der Waals surface area (Å²) in [5.74, 6) is -0.289. The molecule has 1 N–H and O–H groups in total. The van der Waals surface area contributed by atoms with E-state index in [2.05, 4.69) is 26.1 Å². The number of hydrogen-bond acceptors (Lipinski definition) is 1. The van der Waals surface area contributed by atoms with Gasteiger partial charge in [-0.3, -0.25) is 0 Å². The molecule has 0 spiro atoms. The van der Waals surface area contributed by atoms with Crippen LogP contribution in [0, 0.1) is 23.5 Å². The monoisotopic (exact) mass is 255 g/mol. The fraction of sp³-hybridized carbons (Fsp3) is 0.600. The average molecular weight is 255 g/mol. The Labute approximate surface area is 109 Å². The molecule has 2 unspecified atom stereocenters. The average Bonchev–Trinajstić information content (AvgIpc) is 2.28. The number of rotatable bonds is 6. The zero-order chi connectivity index (χ0) is 13.7. The second kappa shape index (κ2) is 6.83. The van der Waals surface area contributed by atoms with Crippen molar-refractivity contribution in [3.8, 4) is 0 Å². The van der Waals surface area contributed by atoms with Crippen molar-refractivity contribution in [1.82, 2.24) is 5.32 Å². The summed E-state index contributed by atoms with van der Waals surface area (Å²) in [5.41, 5.74) is 0.209. The zero-order valence-electron chi connectivity index (χ0n) is 11.6. The molecule has 0 saturated carbocycles. The van der Waals surface area contributed by atoms with Crippen LogP contribution in [0.5, 0.6) is 0 Å². The molecule has 3 heteroatoms. The van der Waals surface area contributed by atoms with Crippen LogP contribution in [0.1, 0.15) is 33.3 Å². The molecule has 1 rings (SSSR count).